The molecule has 0 spiro atoms. The lowest BCUT2D eigenvalue weighted by molar-refractivity contribution is 0.332. The van der Waals surface area contributed by atoms with Gasteiger partial charge in [-0.15, -0.1) is 0 Å². The average molecular weight is 284 g/mol. The summed E-state index contributed by atoms with van der Waals surface area (Å²) in [4.78, 5) is 0. The Hall–Kier alpha value is -1.81. The van der Waals surface area contributed by atoms with Crippen molar-refractivity contribution in [1.29, 1.82) is 0 Å². The summed E-state index contributed by atoms with van der Waals surface area (Å²) in [6.07, 6.45) is 0. The fourth-order valence-electron chi connectivity index (χ4n) is 1.50. The fraction of sp³-hybridized carbons (Fsp3) is 0.143. The Labute approximate surface area is 115 Å². The molecule has 100 valence electrons. The van der Waals surface area contributed by atoms with E-state index in [1.54, 1.807) is 18.2 Å². The Morgan fingerprint density at radius 1 is 1.05 bits per heavy atom. The van der Waals surface area contributed by atoms with E-state index in [2.05, 4.69) is 5.32 Å². The maximum absolute atomic E-state index is 12.9. The molecule has 0 fully saturated rings. The largest absolute Gasteiger partial charge is 0.492 e. The topological polar surface area (TPSA) is 21.3 Å². The van der Waals surface area contributed by atoms with Crippen molar-refractivity contribution in [2.75, 3.05) is 18.5 Å². The van der Waals surface area contributed by atoms with E-state index in [1.165, 1.54) is 24.3 Å². The van der Waals surface area contributed by atoms with Crippen molar-refractivity contribution in [3.8, 4) is 5.75 Å². The van der Waals surface area contributed by atoms with Gasteiger partial charge in [0, 0.05) is 12.2 Å². The molecule has 5 heteroatoms. The number of hydrogen-bond donors (Lipinski definition) is 1. The molecular weight excluding hydrogens is 272 g/mol. The minimum atomic E-state index is -0.449. The molecule has 0 aliphatic rings. The van der Waals surface area contributed by atoms with Gasteiger partial charge in [-0.05, 0) is 42.5 Å². The average Bonchev–Trinajstić information content (AvgIpc) is 2.41. The van der Waals surface area contributed by atoms with Crippen molar-refractivity contribution in [3.05, 3.63) is 59.1 Å². The highest BCUT2D eigenvalue weighted by Crippen LogP contribution is 2.19. The number of benzene rings is 2. The summed E-state index contributed by atoms with van der Waals surface area (Å²) < 4.78 is 31.0. The molecule has 2 aromatic carbocycles. The van der Waals surface area contributed by atoms with E-state index in [0.29, 0.717) is 24.6 Å². The highest BCUT2D eigenvalue weighted by molar-refractivity contribution is 6.31. The lowest BCUT2D eigenvalue weighted by Crippen LogP contribution is -2.11. The minimum Gasteiger partial charge on any atom is -0.492 e. The van der Waals surface area contributed by atoms with Crippen LogP contribution in [0.2, 0.25) is 5.02 Å². The Balaban J connectivity index is 1.77. The minimum absolute atomic E-state index is 0.0736. The van der Waals surface area contributed by atoms with E-state index in [1.807, 2.05) is 0 Å². The molecule has 0 heterocycles. The van der Waals surface area contributed by atoms with Gasteiger partial charge in [0.25, 0.3) is 0 Å². The van der Waals surface area contributed by atoms with Crippen LogP contribution >= 0.6 is 11.6 Å². The molecule has 0 atom stereocenters. The van der Waals surface area contributed by atoms with Crippen LogP contribution in [0.5, 0.6) is 5.75 Å². The maximum Gasteiger partial charge on any atom is 0.141 e. The van der Waals surface area contributed by atoms with Gasteiger partial charge < -0.3 is 10.1 Å². The first-order valence-corrected chi connectivity index (χ1v) is 6.10. The van der Waals surface area contributed by atoms with E-state index in [0.717, 1.165) is 0 Å². The second kappa shape index (κ2) is 6.38. The van der Waals surface area contributed by atoms with Gasteiger partial charge in [-0.2, -0.15) is 0 Å². The van der Waals surface area contributed by atoms with Crippen LogP contribution < -0.4 is 10.1 Å². The Morgan fingerprint density at radius 2 is 1.79 bits per heavy atom. The Morgan fingerprint density at radius 3 is 2.47 bits per heavy atom. The van der Waals surface area contributed by atoms with Crippen molar-refractivity contribution in [3.63, 3.8) is 0 Å². The lowest BCUT2D eigenvalue weighted by atomic mass is 10.3. The summed E-state index contributed by atoms with van der Waals surface area (Å²) in [6, 6.07) is 10.2. The van der Waals surface area contributed by atoms with Crippen molar-refractivity contribution in [1.82, 2.24) is 0 Å². The van der Waals surface area contributed by atoms with Gasteiger partial charge in [-0.3, -0.25) is 0 Å². The normalized spacial score (nSPS) is 10.3. The van der Waals surface area contributed by atoms with Gasteiger partial charge in [0.1, 0.15) is 24.0 Å². The number of halogens is 3. The SMILES string of the molecule is Fc1ccc(OCCNc2ccc(F)c(Cl)c2)cc1. The predicted octanol–water partition coefficient (Wildman–Crippen LogP) is 4.11. The van der Waals surface area contributed by atoms with Crippen LogP contribution in [0.1, 0.15) is 0 Å². The summed E-state index contributed by atoms with van der Waals surface area (Å²) in [6.45, 7) is 0.931. The second-order valence-corrected chi connectivity index (χ2v) is 4.27. The zero-order chi connectivity index (χ0) is 13.7. The Kier molecular flexibility index (Phi) is 4.58. The van der Waals surface area contributed by atoms with E-state index < -0.39 is 5.82 Å². The zero-order valence-corrected chi connectivity index (χ0v) is 10.8. The molecule has 0 aliphatic heterocycles. The van der Waals surface area contributed by atoms with Crippen LogP contribution in [0.25, 0.3) is 0 Å². The quantitative estimate of drug-likeness (QED) is 0.834. The molecular formula is C14H12ClF2NO. The smallest absolute Gasteiger partial charge is 0.141 e. The summed E-state index contributed by atoms with van der Waals surface area (Å²) in [5.74, 6) is -0.151. The van der Waals surface area contributed by atoms with Gasteiger partial charge in [0.15, 0.2) is 0 Å². The van der Waals surface area contributed by atoms with Gasteiger partial charge in [-0.1, -0.05) is 11.6 Å². The molecule has 0 saturated heterocycles. The Bertz CT molecular complexity index is 546. The standard InChI is InChI=1S/C14H12ClF2NO/c15-13-9-11(3-6-14(13)17)18-7-8-19-12-4-1-10(16)2-5-12/h1-6,9,18H,7-8H2. The van der Waals surface area contributed by atoms with Crippen LogP contribution in [-0.4, -0.2) is 13.2 Å². The molecule has 0 bridgehead atoms. The highest BCUT2D eigenvalue weighted by Gasteiger charge is 2.00. The number of anilines is 1. The van der Waals surface area contributed by atoms with Crippen molar-refractivity contribution < 1.29 is 13.5 Å². The molecule has 1 N–H and O–H groups in total. The third-order valence-electron chi connectivity index (χ3n) is 2.43. The third-order valence-corrected chi connectivity index (χ3v) is 2.72. The van der Waals surface area contributed by atoms with Gasteiger partial charge in [0.2, 0.25) is 0 Å². The van der Waals surface area contributed by atoms with E-state index >= 15 is 0 Å². The van der Waals surface area contributed by atoms with Gasteiger partial charge in [-0.25, -0.2) is 8.78 Å². The van der Waals surface area contributed by atoms with Crippen molar-refractivity contribution in [2.45, 2.75) is 0 Å². The monoisotopic (exact) mass is 283 g/mol. The molecule has 0 aliphatic carbocycles. The third kappa shape index (κ3) is 4.10. The number of hydrogen-bond acceptors (Lipinski definition) is 2. The second-order valence-electron chi connectivity index (χ2n) is 3.86. The first-order chi connectivity index (χ1) is 9.15. The highest BCUT2D eigenvalue weighted by atomic mass is 35.5. The molecule has 2 nitrogen and oxygen atoms in total. The summed E-state index contributed by atoms with van der Waals surface area (Å²) in [5.41, 5.74) is 0.717. The van der Waals surface area contributed by atoms with Gasteiger partial charge in [0.05, 0.1) is 5.02 Å². The predicted molar refractivity (Wildman–Crippen MR) is 71.8 cm³/mol. The lowest BCUT2D eigenvalue weighted by Gasteiger charge is -2.09. The van der Waals surface area contributed by atoms with Crippen LogP contribution in [0, 0.1) is 11.6 Å². The van der Waals surface area contributed by atoms with E-state index in [4.69, 9.17) is 16.3 Å². The number of nitrogens with one attached hydrogen (secondary N) is 1. The van der Waals surface area contributed by atoms with E-state index in [-0.39, 0.29) is 10.8 Å². The number of ether oxygens (including phenoxy) is 1. The number of rotatable bonds is 5. The summed E-state index contributed by atoms with van der Waals surface area (Å²) in [5, 5.41) is 3.12. The molecule has 2 rings (SSSR count). The summed E-state index contributed by atoms with van der Waals surface area (Å²) in [7, 11) is 0. The molecule has 0 unspecified atom stereocenters. The van der Waals surface area contributed by atoms with Crippen LogP contribution in [0.15, 0.2) is 42.5 Å². The van der Waals surface area contributed by atoms with Crippen LogP contribution in [-0.2, 0) is 0 Å². The molecule has 19 heavy (non-hydrogen) atoms. The molecule has 0 radical (unpaired) electrons. The molecule has 0 saturated carbocycles. The van der Waals surface area contributed by atoms with Crippen molar-refractivity contribution >= 4 is 17.3 Å². The summed E-state index contributed by atoms with van der Waals surface area (Å²) >= 11 is 5.66. The van der Waals surface area contributed by atoms with Crippen LogP contribution in [0.3, 0.4) is 0 Å². The fourth-order valence-corrected chi connectivity index (χ4v) is 1.68. The first-order valence-electron chi connectivity index (χ1n) is 5.72. The van der Waals surface area contributed by atoms with Crippen molar-refractivity contribution in [2.24, 2.45) is 0 Å². The van der Waals surface area contributed by atoms with Gasteiger partial charge >= 0.3 is 0 Å². The van der Waals surface area contributed by atoms with Crippen LogP contribution in [0.4, 0.5) is 14.5 Å². The maximum atomic E-state index is 12.9. The molecule has 0 amide bonds. The molecule has 2 aromatic rings. The molecule has 0 aromatic heterocycles. The van der Waals surface area contributed by atoms with E-state index in [9.17, 15) is 8.78 Å². The zero-order valence-electron chi connectivity index (χ0n) is 10.00. The first kappa shape index (κ1) is 13.6.